The maximum atomic E-state index is 6.01. The van der Waals surface area contributed by atoms with Gasteiger partial charge in [0.1, 0.15) is 5.60 Å². The normalized spacial score (nSPS) is 16.9. The van der Waals surface area contributed by atoms with E-state index in [0.29, 0.717) is 6.61 Å². The second-order valence-corrected chi connectivity index (χ2v) is 6.77. The highest BCUT2D eigenvalue weighted by Crippen LogP contribution is 2.42. The summed E-state index contributed by atoms with van der Waals surface area (Å²) in [4.78, 5) is 0. The summed E-state index contributed by atoms with van der Waals surface area (Å²) in [5.41, 5.74) is 1.22. The van der Waals surface area contributed by atoms with Crippen LogP contribution in [0.15, 0.2) is 18.2 Å². The van der Waals surface area contributed by atoms with Gasteiger partial charge in [0, 0.05) is 23.9 Å². The van der Waals surface area contributed by atoms with Crippen molar-refractivity contribution in [2.45, 2.75) is 39.7 Å². The molecule has 1 N–H and O–H groups in total. The minimum atomic E-state index is -0.123. The zero-order chi connectivity index (χ0) is 14.1. The van der Waals surface area contributed by atoms with Crippen LogP contribution in [0.3, 0.4) is 0 Å². The summed E-state index contributed by atoms with van der Waals surface area (Å²) in [5, 5.41) is 3.20. The van der Waals surface area contributed by atoms with E-state index in [9.17, 15) is 0 Å². The SMILES string of the molecule is CNCC(C)(C)COc1cccc2c1OC(C)(C)C2. The smallest absolute Gasteiger partial charge is 0.165 e. The molecule has 0 saturated carbocycles. The molecule has 1 aliphatic rings. The molecular weight excluding hydrogens is 238 g/mol. The van der Waals surface area contributed by atoms with E-state index in [1.54, 1.807) is 0 Å². The third kappa shape index (κ3) is 3.41. The molecule has 1 heterocycles. The highest BCUT2D eigenvalue weighted by Gasteiger charge is 2.32. The number of hydrogen-bond acceptors (Lipinski definition) is 3. The van der Waals surface area contributed by atoms with E-state index in [2.05, 4.69) is 39.1 Å². The van der Waals surface area contributed by atoms with Gasteiger partial charge in [-0.1, -0.05) is 26.0 Å². The molecule has 2 rings (SSSR count). The highest BCUT2D eigenvalue weighted by atomic mass is 16.5. The molecule has 3 heteroatoms. The Balaban J connectivity index is 2.10. The molecule has 0 aromatic heterocycles. The molecule has 0 atom stereocenters. The lowest BCUT2D eigenvalue weighted by atomic mass is 9.95. The maximum absolute atomic E-state index is 6.01. The molecule has 0 bridgehead atoms. The number of para-hydroxylation sites is 1. The Labute approximate surface area is 116 Å². The van der Waals surface area contributed by atoms with Crippen LogP contribution in [0.2, 0.25) is 0 Å². The van der Waals surface area contributed by atoms with Crippen molar-refractivity contribution in [2.75, 3.05) is 20.2 Å². The Bertz CT molecular complexity index is 452. The Hall–Kier alpha value is -1.22. The summed E-state index contributed by atoms with van der Waals surface area (Å²) in [6.07, 6.45) is 0.944. The molecule has 0 spiro atoms. The van der Waals surface area contributed by atoms with Gasteiger partial charge in [0.15, 0.2) is 11.5 Å². The van der Waals surface area contributed by atoms with Gasteiger partial charge >= 0.3 is 0 Å². The van der Waals surface area contributed by atoms with Crippen molar-refractivity contribution in [1.29, 1.82) is 0 Å². The van der Waals surface area contributed by atoms with Gasteiger partial charge in [0.25, 0.3) is 0 Å². The summed E-state index contributed by atoms with van der Waals surface area (Å²) >= 11 is 0. The van der Waals surface area contributed by atoms with E-state index < -0.39 is 0 Å². The predicted molar refractivity (Wildman–Crippen MR) is 78.1 cm³/mol. The third-order valence-electron chi connectivity index (χ3n) is 3.33. The monoisotopic (exact) mass is 263 g/mol. The minimum absolute atomic E-state index is 0.103. The molecule has 0 saturated heterocycles. The predicted octanol–water partition coefficient (Wildman–Crippen LogP) is 3.02. The summed E-state index contributed by atoms with van der Waals surface area (Å²) in [7, 11) is 1.97. The lowest BCUT2D eigenvalue weighted by Gasteiger charge is -2.25. The average Bonchev–Trinajstić information content (AvgIpc) is 2.60. The fourth-order valence-electron chi connectivity index (χ4n) is 2.50. The maximum Gasteiger partial charge on any atom is 0.165 e. The number of rotatable bonds is 5. The second kappa shape index (κ2) is 5.04. The average molecular weight is 263 g/mol. The van der Waals surface area contributed by atoms with Crippen LogP contribution in [0.4, 0.5) is 0 Å². The summed E-state index contributed by atoms with van der Waals surface area (Å²) < 4.78 is 12.0. The molecule has 0 aliphatic carbocycles. The highest BCUT2D eigenvalue weighted by molar-refractivity contribution is 5.50. The van der Waals surface area contributed by atoms with Gasteiger partial charge in [0.2, 0.25) is 0 Å². The minimum Gasteiger partial charge on any atom is -0.489 e. The van der Waals surface area contributed by atoms with Gasteiger partial charge in [-0.2, -0.15) is 0 Å². The van der Waals surface area contributed by atoms with Gasteiger partial charge < -0.3 is 14.8 Å². The van der Waals surface area contributed by atoms with Crippen molar-refractivity contribution in [3.8, 4) is 11.5 Å². The summed E-state index contributed by atoms with van der Waals surface area (Å²) in [6, 6.07) is 6.16. The van der Waals surface area contributed by atoms with Crippen LogP contribution < -0.4 is 14.8 Å². The summed E-state index contributed by atoms with van der Waals surface area (Å²) in [5.74, 6) is 1.79. The molecular formula is C16H25NO2. The molecule has 0 radical (unpaired) electrons. The number of nitrogens with one attached hydrogen (secondary N) is 1. The first-order chi connectivity index (χ1) is 8.83. The van der Waals surface area contributed by atoms with Gasteiger partial charge in [-0.15, -0.1) is 0 Å². The Morgan fingerprint density at radius 3 is 2.79 bits per heavy atom. The molecule has 1 aromatic carbocycles. The van der Waals surface area contributed by atoms with Crippen molar-refractivity contribution in [2.24, 2.45) is 5.41 Å². The molecule has 0 fully saturated rings. The van der Waals surface area contributed by atoms with Crippen LogP contribution in [-0.2, 0) is 6.42 Å². The quantitative estimate of drug-likeness (QED) is 0.885. The standard InChI is InChI=1S/C16H25NO2/c1-15(2,10-17-5)11-18-13-8-6-7-12-9-16(3,4)19-14(12)13/h6-8,17H,9-11H2,1-5H3. The Morgan fingerprint density at radius 1 is 1.37 bits per heavy atom. The first-order valence-corrected chi connectivity index (χ1v) is 6.91. The fraction of sp³-hybridized carbons (Fsp3) is 0.625. The van der Waals surface area contributed by atoms with Crippen LogP contribution in [-0.4, -0.2) is 25.8 Å². The van der Waals surface area contributed by atoms with Crippen molar-refractivity contribution in [3.05, 3.63) is 23.8 Å². The lowest BCUT2D eigenvalue weighted by molar-refractivity contribution is 0.124. The van der Waals surface area contributed by atoms with Crippen molar-refractivity contribution in [3.63, 3.8) is 0 Å². The van der Waals surface area contributed by atoms with E-state index >= 15 is 0 Å². The largest absolute Gasteiger partial charge is 0.489 e. The van der Waals surface area contributed by atoms with Crippen LogP contribution in [0.25, 0.3) is 0 Å². The van der Waals surface area contributed by atoms with Crippen LogP contribution >= 0.6 is 0 Å². The lowest BCUT2D eigenvalue weighted by Crippen LogP contribution is -2.32. The van der Waals surface area contributed by atoms with E-state index in [1.807, 2.05) is 19.2 Å². The topological polar surface area (TPSA) is 30.5 Å². The third-order valence-corrected chi connectivity index (χ3v) is 3.33. The zero-order valence-corrected chi connectivity index (χ0v) is 12.7. The Kier molecular flexibility index (Phi) is 3.77. The van der Waals surface area contributed by atoms with Crippen molar-refractivity contribution >= 4 is 0 Å². The molecule has 0 amide bonds. The van der Waals surface area contributed by atoms with Crippen LogP contribution in [0.1, 0.15) is 33.3 Å². The van der Waals surface area contributed by atoms with Gasteiger partial charge in [-0.05, 0) is 27.0 Å². The van der Waals surface area contributed by atoms with Crippen LogP contribution in [0, 0.1) is 5.41 Å². The number of fused-ring (bicyclic) bond motifs is 1. The van der Waals surface area contributed by atoms with Gasteiger partial charge in [0.05, 0.1) is 6.61 Å². The van der Waals surface area contributed by atoms with Gasteiger partial charge in [-0.3, -0.25) is 0 Å². The van der Waals surface area contributed by atoms with Crippen molar-refractivity contribution in [1.82, 2.24) is 5.32 Å². The van der Waals surface area contributed by atoms with Gasteiger partial charge in [-0.25, -0.2) is 0 Å². The zero-order valence-electron chi connectivity index (χ0n) is 12.7. The number of ether oxygens (including phenoxy) is 2. The Morgan fingerprint density at radius 2 is 2.11 bits per heavy atom. The molecule has 19 heavy (non-hydrogen) atoms. The summed E-state index contributed by atoms with van der Waals surface area (Å²) in [6.45, 7) is 10.2. The van der Waals surface area contributed by atoms with Crippen molar-refractivity contribution < 1.29 is 9.47 Å². The van der Waals surface area contributed by atoms with E-state index in [1.165, 1.54) is 5.56 Å². The van der Waals surface area contributed by atoms with Crippen LogP contribution in [0.5, 0.6) is 11.5 Å². The first kappa shape index (κ1) is 14.2. The van der Waals surface area contributed by atoms with E-state index in [0.717, 1.165) is 24.5 Å². The first-order valence-electron chi connectivity index (χ1n) is 6.91. The molecule has 106 valence electrons. The number of benzene rings is 1. The molecule has 1 aromatic rings. The number of hydrogen-bond donors (Lipinski definition) is 1. The second-order valence-electron chi connectivity index (χ2n) is 6.77. The van der Waals surface area contributed by atoms with E-state index in [-0.39, 0.29) is 11.0 Å². The fourth-order valence-corrected chi connectivity index (χ4v) is 2.50. The molecule has 0 unspecified atom stereocenters. The van der Waals surface area contributed by atoms with E-state index in [4.69, 9.17) is 9.47 Å². The molecule has 3 nitrogen and oxygen atoms in total. The molecule has 1 aliphatic heterocycles.